The van der Waals surface area contributed by atoms with Gasteiger partial charge in [-0.05, 0) is 25.7 Å². The van der Waals surface area contributed by atoms with Gasteiger partial charge in [0.1, 0.15) is 0 Å². The molecule has 2 atom stereocenters. The van der Waals surface area contributed by atoms with Gasteiger partial charge in [0.05, 0.1) is 12.2 Å². The second-order valence-corrected chi connectivity index (χ2v) is 5.31. The highest BCUT2D eigenvalue weighted by atomic mass is 16.5. The predicted molar refractivity (Wildman–Crippen MR) is 64.4 cm³/mol. The van der Waals surface area contributed by atoms with E-state index < -0.39 is 0 Å². The summed E-state index contributed by atoms with van der Waals surface area (Å²) in [5.74, 6) is 0. The Hall–Kier alpha value is -0.120. The van der Waals surface area contributed by atoms with E-state index in [0.717, 1.165) is 19.6 Å². The largest absolute Gasteiger partial charge is 0.396 e. The fraction of sp³-hybridized carbons (Fsp3) is 1.00. The lowest BCUT2D eigenvalue weighted by Gasteiger charge is -2.34. The van der Waals surface area contributed by atoms with Crippen LogP contribution in [0.15, 0.2) is 0 Å². The van der Waals surface area contributed by atoms with Crippen molar-refractivity contribution in [1.82, 2.24) is 4.90 Å². The highest BCUT2D eigenvalue weighted by Crippen LogP contribution is 2.46. The lowest BCUT2D eigenvalue weighted by Crippen LogP contribution is -2.45. The van der Waals surface area contributed by atoms with Crippen LogP contribution in [0.1, 0.15) is 39.5 Å². The van der Waals surface area contributed by atoms with E-state index in [1.807, 2.05) is 13.8 Å². The first-order valence-electron chi connectivity index (χ1n) is 6.78. The molecule has 3 nitrogen and oxygen atoms in total. The van der Waals surface area contributed by atoms with Crippen molar-refractivity contribution in [2.75, 3.05) is 26.2 Å². The molecule has 0 spiro atoms. The average Bonchev–Trinajstić information content (AvgIpc) is 3.02. The summed E-state index contributed by atoms with van der Waals surface area (Å²) >= 11 is 0. The van der Waals surface area contributed by atoms with Crippen LogP contribution in [0.4, 0.5) is 0 Å². The number of likely N-dealkylation sites (tertiary alicyclic amines) is 1. The van der Waals surface area contributed by atoms with Gasteiger partial charge in [0.2, 0.25) is 0 Å². The highest BCUT2D eigenvalue weighted by molar-refractivity contribution is 4.97. The maximum Gasteiger partial charge on any atom is 0.0707 e. The van der Waals surface area contributed by atoms with Crippen LogP contribution in [-0.4, -0.2) is 48.5 Å². The number of morpholine rings is 1. The lowest BCUT2D eigenvalue weighted by atomic mass is 10.1. The zero-order valence-corrected chi connectivity index (χ0v) is 10.6. The molecule has 16 heavy (non-hydrogen) atoms. The van der Waals surface area contributed by atoms with Crippen molar-refractivity contribution in [2.45, 2.75) is 51.7 Å². The Morgan fingerprint density at radius 1 is 1.19 bits per heavy atom. The first-order chi connectivity index (χ1) is 7.80. The third kappa shape index (κ3) is 2.58. The Labute approximate surface area is 98.8 Å². The molecule has 2 aliphatic heterocycles. The summed E-state index contributed by atoms with van der Waals surface area (Å²) in [5.41, 5.74) is 0.275. The molecule has 1 aliphatic carbocycles. The normalized spacial score (nSPS) is 35.4. The maximum atomic E-state index is 9.28. The summed E-state index contributed by atoms with van der Waals surface area (Å²) in [7, 11) is 0. The molecular weight excluding hydrogens is 202 g/mol. The average molecular weight is 227 g/mol. The number of hydrogen-bond donors (Lipinski definition) is 1. The molecule has 1 saturated carbocycles. The van der Waals surface area contributed by atoms with E-state index in [0.29, 0.717) is 18.8 Å². The molecule has 1 N–H and O–H groups in total. The molecule has 3 rings (SSSR count). The fourth-order valence-electron chi connectivity index (χ4n) is 2.85. The number of aliphatic hydroxyl groups is 1. The van der Waals surface area contributed by atoms with Gasteiger partial charge in [-0.1, -0.05) is 13.8 Å². The Morgan fingerprint density at radius 3 is 2.19 bits per heavy atom. The molecule has 2 heterocycles. The zero-order valence-electron chi connectivity index (χ0n) is 10.6. The molecule has 0 aromatic heterocycles. The molecule has 0 amide bonds. The van der Waals surface area contributed by atoms with Crippen LogP contribution >= 0.6 is 0 Å². The molecule has 94 valence electrons. The van der Waals surface area contributed by atoms with Crippen LogP contribution in [0.25, 0.3) is 0 Å². The van der Waals surface area contributed by atoms with Gasteiger partial charge < -0.3 is 9.84 Å². The van der Waals surface area contributed by atoms with Crippen molar-refractivity contribution in [3.63, 3.8) is 0 Å². The van der Waals surface area contributed by atoms with Crippen molar-refractivity contribution >= 4 is 0 Å². The number of nitrogens with zero attached hydrogens (tertiary/aromatic N) is 1. The summed E-state index contributed by atoms with van der Waals surface area (Å²) in [6.45, 7) is 7.66. The minimum atomic E-state index is 0.275. The lowest BCUT2D eigenvalue weighted by molar-refractivity contribution is -0.0464. The predicted octanol–water partition coefficient (Wildman–Crippen LogP) is 1.65. The standard InChI is InChI=1S/C11H19NO2.C2H6/c13-8-11(3-4-11)7-12-5-9-1-2-10(6-12)14-9;1-2/h9-10,13H,1-8H2;1-2H3. The first-order valence-corrected chi connectivity index (χ1v) is 6.78. The quantitative estimate of drug-likeness (QED) is 0.795. The summed E-state index contributed by atoms with van der Waals surface area (Å²) in [6, 6.07) is 0. The number of hydrogen-bond acceptors (Lipinski definition) is 3. The van der Waals surface area contributed by atoms with Gasteiger partial charge >= 0.3 is 0 Å². The van der Waals surface area contributed by atoms with Crippen molar-refractivity contribution in [1.29, 1.82) is 0 Å². The number of rotatable bonds is 3. The van der Waals surface area contributed by atoms with Gasteiger partial charge in [-0.15, -0.1) is 0 Å². The van der Waals surface area contributed by atoms with E-state index in [-0.39, 0.29) is 5.41 Å². The monoisotopic (exact) mass is 227 g/mol. The van der Waals surface area contributed by atoms with Crippen LogP contribution in [-0.2, 0) is 4.74 Å². The molecule has 3 heteroatoms. The molecule has 3 aliphatic rings. The molecule has 0 aromatic carbocycles. The molecule has 2 unspecified atom stereocenters. The van der Waals surface area contributed by atoms with Crippen molar-refractivity contribution in [2.24, 2.45) is 5.41 Å². The smallest absolute Gasteiger partial charge is 0.0707 e. The summed E-state index contributed by atoms with van der Waals surface area (Å²) < 4.78 is 5.79. The van der Waals surface area contributed by atoms with Gasteiger partial charge in [0.15, 0.2) is 0 Å². The summed E-state index contributed by atoms with van der Waals surface area (Å²) in [4.78, 5) is 2.51. The van der Waals surface area contributed by atoms with Crippen molar-refractivity contribution < 1.29 is 9.84 Å². The number of ether oxygens (including phenoxy) is 1. The summed E-state index contributed by atoms with van der Waals surface area (Å²) in [6.07, 6.45) is 5.90. The van der Waals surface area contributed by atoms with E-state index in [1.165, 1.54) is 25.7 Å². The molecule has 2 saturated heterocycles. The van der Waals surface area contributed by atoms with Crippen LogP contribution in [0.2, 0.25) is 0 Å². The third-order valence-electron chi connectivity index (χ3n) is 3.97. The van der Waals surface area contributed by atoms with Gasteiger partial charge in [0, 0.05) is 31.7 Å². The SMILES string of the molecule is CC.OCC1(CN2CC3CCC(C2)O3)CC1. The molecule has 2 bridgehead atoms. The third-order valence-corrected chi connectivity index (χ3v) is 3.97. The minimum Gasteiger partial charge on any atom is -0.396 e. The summed E-state index contributed by atoms with van der Waals surface area (Å²) in [5, 5.41) is 9.28. The van der Waals surface area contributed by atoms with E-state index in [2.05, 4.69) is 4.90 Å². The Kier molecular flexibility index (Phi) is 3.88. The highest BCUT2D eigenvalue weighted by Gasteiger charge is 2.45. The van der Waals surface area contributed by atoms with Gasteiger partial charge in [-0.3, -0.25) is 4.90 Å². The Bertz CT molecular complexity index is 216. The van der Waals surface area contributed by atoms with E-state index in [4.69, 9.17) is 4.74 Å². The van der Waals surface area contributed by atoms with Gasteiger partial charge in [-0.2, -0.15) is 0 Å². The Balaban J connectivity index is 0.000000457. The van der Waals surface area contributed by atoms with Crippen LogP contribution < -0.4 is 0 Å². The van der Waals surface area contributed by atoms with E-state index in [9.17, 15) is 5.11 Å². The molecule has 0 aromatic rings. The topological polar surface area (TPSA) is 32.7 Å². The second kappa shape index (κ2) is 5.03. The van der Waals surface area contributed by atoms with Crippen molar-refractivity contribution in [3.05, 3.63) is 0 Å². The molecule has 3 fully saturated rings. The Morgan fingerprint density at radius 2 is 1.75 bits per heavy atom. The van der Waals surface area contributed by atoms with Crippen molar-refractivity contribution in [3.8, 4) is 0 Å². The van der Waals surface area contributed by atoms with Crippen LogP contribution in [0.5, 0.6) is 0 Å². The number of fused-ring (bicyclic) bond motifs is 2. The van der Waals surface area contributed by atoms with E-state index in [1.54, 1.807) is 0 Å². The first kappa shape index (κ1) is 12.3. The fourth-order valence-corrected chi connectivity index (χ4v) is 2.85. The molecular formula is C13H25NO2. The molecule has 0 radical (unpaired) electrons. The van der Waals surface area contributed by atoms with Gasteiger partial charge in [0.25, 0.3) is 0 Å². The maximum absolute atomic E-state index is 9.28. The minimum absolute atomic E-state index is 0.275. The number of aliphatic hydroxyl groups excluding tert-OH is 1. The van der Waals surface area contributed by atoms with Crippen LogP contribution in [0, 0.1) is 5.41 Å². The van der Waals surface area contributed by atoms with E-state index >= 15 is 0 Å². The zero-order chi connectivity index (χ0) is 11.6. The van der Waals surface area contributed by atoms with Crippen LogP contribution in [0.3, 0.4) is 0 Å². The van der Waals surface area contributed by atoms with Gasteiger partial charge in [-0.25, -0.2) is 0 Å². The second-order valence-electron chi connectivity index (χ2n) is 5.31.